The minimum Gasteiger partial charge on any atom is -0.497 e. The first-order valence-corrected chi connectivity index (χ1v) is 11.4. The summed E-state index contributed by atoms with van der Waals surface area (Å²) in [6, 6.07) is 22.2. The number of anilines is 2. The lowest BCUT2D eigenvalue weighted by Gasteiger charge is -2.17. The number of rotatable bonds is 7. The molecule has 1 aromatic heterocycles. The Hall–Kier alpha value is -4.46. The first kappa shape index (κ1) is 22.3. The zero-order valence-corrected chi connectivity index (χ0v) is 19.2. The lowest BCUT2D eigenvalue weighted by Crippen LogP contribution is -2.28. The molecule has 3 aromatic carbocycles. The van der Waals surface area contributed by atoms with Crippen LogP contribution >= 0.6 is 0 Å². The molecule has 0 fully saturated rings. The number of amides is 2. The lowest BCUT2D eigenvalue weighted by atomic mass is 10.1. The number of carbonyl (C=O) groups excluding carboxylic acids is 2. The summed E-state index contributed by atoms with van der Waals surface area (Å²) >= 11 is 0. The normalized spacial score (nSPS) is 12.3. The van der Waals surface area contributed by atoms with E-state index in [4.69, 9.17) is 9.26 Å². The third-order valence-electron chi connectivity index (χ3n) is 5.93. The van der Waals surface area contributed by atoms with Crippen LogP contribution in [-0.2, 0) is 17.6 Å². The molecule has 1 aliphatic heterocycles. The number of nitrogens with one attached hydrogen (secondary N) is 1. The lowest BCUT2D eigenvalue weighted by molar-refractivity contribution is -0.116. The van der Waals surface area contributed by atoms with Crippen molar-refractivity contribution in [2.75, 3.05) is 23.9 Å². The summed E-state index contributed by atoms with van der Waals surface area (Å²) < 4.78 is 10.4. The van der Waals surface area contributed by atoms with E-state index in [1.54, 1.807) is 36.3 Å². The Labute approximate surface area is 202 Å². The molecular weight excluding hydrogens is 444 g/mol. The summed E-state index contributed by atoms with van der Waals surface area (Å²) in [5, 5.41) is 6.83. The molecule has 35 heavy (non-hydrogen) atoms. The molecule has 2 heterocycles. The number of methoxy groups -OCH3 is 1. The smallest absolute Gasteiger partial charge is 0.258 e. The van der Waals surface area contributed by atoms with Crippen LogP contribution in [0.15, 0.2) is 77.3 Å². The van der Waals surface area contributed by atoms with E-state index in [0.717, 1.165) is 23.4 Å². The van der Waals surface area contributed by atoms with E-state index in [0.29, 0.717) is 35.9 Å². The SMILES string of the molecule is COc1ccc(-c2noc(CCC(=O)Nc3ccc(C(=O)N4CCc5ccccc54)cc3)n2)cc1. The Morgan fingerprint density at radius 2 is 1.80 bits per heavy atom. The Kier molecular flexibility index (Phi) is 6.26. The molecule has 0 unspecified atom stereocenters. The van der Waals surface area contributed by atoms with Crippen molar-refractivity contribution in [3.63, 3.8) is 0 Å². The van der Waals surface area contributed by atoms with Crippen molar-refractivity contribution < 1.29 is 18.8 Å². The van der Waals surface area contributed by atoms with Gasteiger partial charge in [-0.2, -0.15) is 4.98 Å². The number of aryl methyl sites for hydroxylation is 1. The molecule has 0 bridgehead atoms. The number of fused-ring (bicyclic) bond motifs is 1. The van der Waals surface area contributed by atoms with Crippen LogP contribution in [0.5, 0.6) is 5.75 Å². The van der Waals surface area contributed by atoms with Crippen molar-refractivity contribution >= 4 is 23.2 Å². The Bertz CT molecular complexity index is 1350. The fourth-order valence-electron chi connectivity index (χ4n) is 4.06. The van der Waals surface area contributed by atoms with Gasteiger partial charge in [-0.15, -0.1) is 0 Å². The third kappa shape index (κ3) is 4.91. The molecule has 176 valence electrons. The van der Waals surface area contributed by atoms with Crippen molar-refractivity contribution in [3.05, 3.63) is 89.8 Å². The summed E-state index contributed by atoms with van der Waals surface area (Å²) in [4.78, 5) is 31.5. The molecule has 0 saturated heterocycles. The topological polar surface area (TPSA) is 97.6 Å². The van der Waals surface area contributed by atoms with Crippen LogP contribution in [0.2, 0.25) is 0 Å². The fraction of sp³-hybridized carbons (Fsp3) is 0.185. The molecule has 2 amide bonds. The van der Waals surface area contributed by atoms with Crippen molar-refractivity contribution in [1.82, 2.24) is 10.1 Å². The zero-order chi connectivity index (χ0) is 24.2. The predicted molar refractivity (Wildman–Crippen MR) is 132 cm³/mol. The highest BCUT2D eigenvalue weighted by Gasteiger charge is 2.25. The quantitative estimate of drug-likeness (QED) is 0.428. The van der Waals surface area contributed by atoms with Gasteiger partial charge in [-0.25, -0.2) is 0 Å². The van der Waals surface area contributed by atoms with Crippen molar-refractivity contribution in [2.45, 2.75) is 19.3 Å². The number of hydrogen-bond donors (Lipinski definition) is 1. The molecule has 1 aliphatic rings. The monoisotopic (exact) mass is 468 g/mol. The highest BCUT2D eigenvalue weighted by atomic mass is 16.5. The number of aromatic nitrogens is 2. The maximum Gasteiger partial charge on any atom is 0.258 e. The second kappa shape index (κ2) is 9.80. The molecular formula is C27H24N4O4. The van der Waals surface area contributed by atoms with E-state index in [2.05, 4.69) is 21.5 Å². The largest absolute Gasteiger partial charge is 0.497 e. The van der Waals surface area contributed by atoms with E-state index >= 15 is 0 Å². The van der Waals surface area contributed by atoms with Crippen molar-refractivity contribution in [3.8, 4) is 17.1 Å². The van der Waals surface area contributed by atoms with Crippen molar-refractivity contribution in [1.29, 1.82) is 0 Å². The molecule has 8 nitrogen and oxygen atoms in total. The minimum absolute atomic E-state index is 0.0446. The van der Waals surface area contributed by atoms with Crippen LogP contribution in [0.4, 0.5) is 11.4 Å². The molecule has 1 N–H and O–H groups in total. The average Bonchev–Trinajstić information content (AvgIpc) is 3.55. The maximum absolute atomic E-state index is 12.9. The van der Waals surface area contributed by atoms with Crippen LogP contribution in [0.3, 0.4) is 0 Å². The van der Waals surface area contributed by atoms with Gasteiger partial charge < -0.3 is 19.5 Å². The van der Waals surface area contributed by atoms with E-state index in [9.17, 15) is 9.59 Å². The Balaban J connectivity index is 1.15. The number of ether oxygens (including phenoxy) is 1. The van der Waals surface area contributed by atoms with E-state index in [1.165, 1.54) is 5.56 Å². The van der Waals surface area contributed by atoms with Gasteiger partial charge in [0.05, 0.1) is 7.11 Å². The molecule has 8 heteroatoms. The third-order valence-corrected chi connectivity index (χ3v) is 5.93. The van der Waals surface area contributed by atoms with Gasteiger partial charge >= 0.3 is 0 Å². The van der Waals surface area contributed by atoms with Gasteiger partial charge in [-0.3, -0.25) is 9.59 Å². The van der Waals surface area contributed by atoms with Gasteiger partial charge in [-0.05, 0) is 66.6 Å². The number of carbonyl (C=O) groups is 2. The Morgan fingerprint density at radius 3 is 2.57 bits per heavy atom. The Morgan fingerprint density at radius 1 is 1.03 bits per heavy atom. The molecule has 0 saturated carbocycles. The summed E-state index contributed by atoms with van der Waals surface area (Å²) in [5.74, 6) is 1.37. The van der Waals surface area contributed by atoms with Crippen LogP contribution in [0, 0.1) is 0 Å². The summed E-state index contributed by atoms with van der Waals surface area (Å²) in [5.41, 5.74) is 4.15. The number of benzene rings is 3. The van der Waals surface area contributed by atoms with Crippen LogP contribution in [0.1, 0.15) is 28.2 Å². The summed E-state index contributed by atoms with van der Waals surface area (Å²) in [6.07, 6.45) is 1.37. The van der Waals surface area contributed by atoms with Crippen LogP contribution in [0.25, 0.3) is 11.4 Å². The fourth-order valence-corrected chi connectivity index (χ4v) is 4.06. The molecule has 0 atom stereocenters. The highest BCUT2D eigenvalue weighted by Crippen LogP contribution is 2.29. The van der Waals surface area contributed by atoms with Crippen LogP contribution < -0.4 is 15.0 Å². The maximum atomic E-state index is 12.9. The predicted octanol–water partition coefficient (Wildman–Crippen LogP) is 4.52. The number of hydrogen-bond acceptors (Lipinski definition) is 6. The molecule has 5 rings (SSSR count). The zero-order valence-electron chi connectivity index (χ0n) is 19.2. The summed E-state index contributed by atoms with van der Waals surface area (Å²) in [6.45, 7) is 0.673. The van der Waals surface area contributed by atoms with E-state index < -0.39 is 0 Å². The highest BCUT2D eigenvalue weighted by molar-refractivity contribution is 6.07. The molecule has 0 aliphatic carbocycles. The van der Waals surface area contributed by atoms with Crippen LogP contribution in [-0.4, -0.2) is 35.6 Å². The number of para-hydroxylation sites is 1. The van der Waals surface area contributed by atoms with Gasteiger partial charge in [0.1, 0.15) is 5.75 Å². The molecule has 0 radical (unpaired) electrons. The van der Waals surface area contributed by atoms with E-state index in [-0.39, 0.29) is 18.2 Å². The van der Waals surface area contributed by atoms with Gasteiger partial charge in [0.25, 0.3) is 5.91 Å². The first-order valence-electron chi connectivity index (χ1n) is 11.4. The summed E-state index contributed by atoms with van der Waals surface area (Å²) in [7, 11) is 1.61. The standard InChI is InChI=1S/C27H24N4O4/c1-34-22-12-8-19(9-13-22)26-29-25(35-30-26)15-14-24(32)28-21-10-6-20(7-11-21)27(33)31-17-16-18-4-2-3-5-23(18)31/h2-13H,14-17H2,1H3,(H,28,32). The second-order valence-corrected chi connectivity index (χ2v) is 8.20. The van der Waals surface area contributed by atoms with Gasteiger partial charge in [0.15, 0.2) is 0 Å². The van der Waals surface area contributed by atoms with Crippen molar-refractivity contribution in [2.24, 2.45) is 0 Å². The van der Waals surface area contributed by atoms with Gasteiger partial charge in [0.2, 0.25) is 17.6 Å². The molecule has 4 aromatic rings. The minimum atomic E-state index is -0.179. The van der Waals surface area contributed by atoms with Gasteiger partial charge in [0, 0.05) is 41.9 Å². The number of nitrogens with zero attached hydrogens (tertiary/aromatic N) is 3. The molecule has 0 spiro atoms. The second-order valence-electron chi connectivity index (χ2n) is 8.20. The average molecular weight is 469 g/mol. The van der Waals surface area contributed by atoms with E-state index in [1.807, 2.05) is 42.5 Å². The first-order chi connectivity index (χ1) is 17.1. The van der Waals surface area contributed by atoms with Gasteiger partial charge in [-0.1, -0.05) is 23.4 Å².